The summed E-state index contributed by atoms with van der Waals surface area (Å²) in [6.07, 6.45) is 1.45. The molecule has 1 aromatic rings. The summed E-state index contributed by atoms with van der Waals surface area (Å²) in [5, 5.41) is 0. The lowest BCUT2D eigenvalue weighted by Gasteiger charge is -2.16. The maximum atomic E-state index is 2.50. The molecule has 14 heavy (non-hydrogen) atoms. The zero-order valence-electron chi connectivity index (χ0n) is 9.67. The molecule has 2 rings (SSSR count). The molecular weight excluding hydrogens is 184 g/mol. The van der Waals surface area contributed by atoms with Crippen molar-refractivity contribution in [3.05, 3.63) is 35.4 Å². The Kier molecular flexibility index (Phi) is 2.30. The molecule has 0 aromatic heterocycles. The molecule has 0 radical (unpaired) electrons. The third-order valence-corrected chi connectivity index (χ3v) is 6.35. The zero-order chi connectivity index (χ0) is 10.3. The standard InChI is InChI=1S/C13H20Si/c1-10-7-5-6-8-11(10)12-9-13(12)14(2,3)4/h5-8,12-13H,9H2,1-4H3/t12-,13-/m0/s1. The molecule has 76 valence electrons. The molecule has 0 N–H and O–H groups in total. The van der Waals surface area contributed by atoms with Crippen molar-refractivity contribution in [2.45, 2.75) is 44.4 Å². The van der Waals surface area contributed by atoms with Crippen LogP contribution < -0.4 is 0 Å². The van der Waals surface area contributed by atoms with E-state index in [-0.39, 0.29) is 0 Å². The summed E-state index contributed by atoms with van der Waals surface area (Å²) in [7, 11) is -0.892. The predicted molar refractivity (Wildman–Crippen MR) is 65.6 cm³/mol. The first kappa shape index (κ1) is 9.97. The van der Waals surface area contributed by atoms with E-state index >= 15 is 0 Å². The van der Waals surface area contributed by atoms with E-state index in [2.05, 4.69) is 50.8 Å². The van der Waals surface area contributed by atoms with Gasteiger partial charge in [-0.1, -0.05) is 43.9 Å². The van der Waals surface area contributed by atoms with Crippen LogP contribution >= 0.6 is 0 Å². The highest BCUT2D eigenvalue weighted by Crippen LogP contribution is 2.58. The normalized spacial score (nSPS) is 26.3. The second-order valence-electron chi connectivity index (χ2n) is 5.67. The third-order valence-electron chi connectivity index (χ3n) is 3.49. The van der Waals surface area contributed by atoms with Crippen molar-refractivity contribution in [3.8, 4) is 0 Å². The van der Waals surface area contributed by atoms with Crippen LogP contribution in [-0.2, 0) is 0 Å². The molecule has 0 aliphatic heterocycles. The quantitative estimate of drug-likeness (QED) is 0.634. The maximum Gasteiger partial charge on any atom is 0.0480 e. The van der Waals surface area contributed by atoms with Crippen LogP contribution in [-0.4, -0.2) is 8.07 Å². The summed E-state index contributed by atoms with van der Waals surface area (Å²) in [6, 6.07) is 8.89. The minimum absolute atomic E-state index is 0.892. The van der Waals surface area contributed by atoms with E-state index in [9.17, 15) is 0 Å². The van der Waals surface area contributed by atoms with Crippen molar-refractivity contribution in [2.75, 3.05) is 0 Å². The molecule has 0 unspecified atom stereocenters. The van der Waals surface area contributed by atoms with Gasteiger partial charge >= 0.3 is 0 Å². The Morgan fingerprint density at radius 1 is 1.14 bits per heavy atom. The average Bonchev–Trinajstić information content (AvgIpc) is 2.83. The second kappa shape index (κ2) is 3.23. The molecule has 1 fully saturated rings. The SMILES string of the molecule is Cc1ccccc1[C@@H]1C[C@@H]1[Si](C)(C)C. The van der Waals surface area contributed by atoms with Crippen LogP contribution in [0.3, 0.4) is 0 Å². The molecule has 0 bridgehead atoms. The fraction of sp³-hybridized carbons (Fsp3) is 0.538. The molecule has 1 heteroatoms. The van der Waals surface area contributed by atoms with Crippen molar-refractivity contribution in [3.63, 3.8) is 0 Å². The highest BCUT2D eigenvalue weighted by atomic mass is 28.3. The van der Waals surface area contributed by atoms with Crippen LogP contribution in [0.25, 0.3) is 0 Å². The highest BCUT2D eigenvalue weighted by Gasteiger charge is 2.46. The summed E-state index contributed by atoms with van der Waals surface area (Å²) in [5.74, 6) is 0.892. The zero-order valence-corrected chi connectivity index (χ0v) is 10.7. The van der Waals surface area contributed by atoms with Gasteiger partial charge in [0.25, 0.3) is 0 Å². The lowest BCUT2D eigenvalue weighted by Crippen LogP contribution is -2.20. The van der Waals surface area contributed by atoms with Gasteiger partial charge in [-0.3, -0.25) is 0 Å². The van der Waals surface area contributed by atoms with Gasteiger partial charge in [0.2, 0.25) is 0 Å². The van der Waals surface area contributed by atoms with E-state index in [4.69, 9.17) is 0 Å². The van der Waals surface area contributed by atoms with Gasteiger partial charge in [0, 0.05) is 8.07 Å². The van der Waals surface area contributed by atoms with Gasteiger partial charge in [-0.2, -0.15) is 0 Å². The molecule has 1 aliphatic carbocycles. The van der Waals surface area contributed by atoms with Gasteiger partial charge in [0.15, 0.2) is 0 Å². The van der Waals surface area contributed by atoms with E-state index in [0.717, 1.165) is 11.5 Å². The number of aryl methyl sites for hydroxylation is 1. The molecule has 0 nitrogen and oxygen atoms in total. The van der Waals surface area contributed by atoms with Gasteiger partial charge < -0.3 is 0 Å². The first-order chi connectivity index (χ1) is 6.50. The largest absolute Gasteiger partial charge is 0.0693 e. The number of benzene rings is 1. The van der Waals surface area contributed by atoms with Gasteiger partial charge in [-0.15, -0.1) is 0 Å². The Balaban J connectivity index is 2.18. The van der Waals surface area contributed by atoms with Gasteiger partial charge in [-0.05, 0) is 35.9 Å². The van der Waals surface area contributed by atoms with Crippen LogP contribution in [0.15, 0.2) is 24.3 Å². The Morgan fingerprint density at radius 3 is 2.29 bits per heavy atom. The summed E-state index contributed by atoms with van der Waals surface area (Å²) < 4.78 is 0. The molecule has 1 saturated carbocycles. The fourth-order valence-electron chi connectivity index (χ4n) is 2.50. The maximum absolute atomic E-state index is 2.50. The van der Waals surface area contributed by atoms with Gasteiger partial charge in [0.05, 0.1) is 0 Å². The van der Waals surface area contributed by atoms with E-state index in [0.29, 0.717) is 0 Å². The average molecular weight is 204 g/mol. The Morgan fingerprint density at radius 2 is 1.79 bits per heavy atom. The molecule has 2 atom stereocenters. The molecular formula is C13H20Si. The van der Waals surface area contributed by atoms with Gasteiger partial charge in [0.1, 0.15) is 0 Å². The van der Waals surface area contributed by atoms with Gasteiger partial charge in [-0.25, -0.2) is 0 Å². The summed E-state index contributed by atoms with van der Waals surface area (Å²) in [6.45, 7) is 9.73. The molecule has 0 amide bonds. The van der Waals surface area contributed by atoms with Crippen LogP contribution in [0.2, 0.25) is 25.2 Å². The minimum Gasteiger partial charge on any atom is -0.0693 e. The first-order valence-corrected chi connectivity index (χ1v) is 9.13. The van der Waals surface area contributed by atoms with Crippen molar-refractivity contribution in [2.24, 2.45) is 0 Å². The van der Waals surface area contributed by atoms with Crippen molar-refractivity contribution in [1.82, 2.24) is 0 Å². The lowest BCUT2D eigenvalue weighted by atomic mass is 10.1. The second-order valence-corrected chi connectivity index (χ2v) is 11.1. The van der Waals surface area contributed by atoms with Crippen LogP contribution in [0.1, 0.15) is 23.5 Å². The smallest absolute Gasteiger partial charge is 0.0480 e. The van der Waals surface area contributed by atoms with E-state index < -0.39 is 8.07 Å². The Bertz CT molecular complexity index is 335. The first-order valence-electron chi connectivity index (χ1n) is 5.55. The Hall–Kier alpha value is -0.563. The molecule has 0 saturated heterocycles. The lowest BCUT2D eigenvalue weighted by molar-refractivity contribution is 1.08. The topological polar surface area (TPSA) is 0 Å². The summed E-state index contributed by atoms with van der Waals surface area (Å²) >= 11 is 0. The number of hydrogen-bond acceptors (Lipinski definition) is 0. The van der Waals surface area contributed by atoms with E-state index in [1.54, 1.807) is 5.56 Å². The molecule has 0 spiro atoms. The van der Waals surface area contributed by atoms with Crippen molar-refractivity contribution < 1.29 is 0 Å². The third kappa shape index (κ3) is 1.78. The minimum atomic E-state index is -0.892. The molecule has 1 aromatic carbocycles. The fourth-order valence-corrected chi connectivity index (χ4v) is 4.85. The monoisotopic (exact) mass is 204 g/mol. The van der Waals surface area contributed by atoms with Crippen LogP contribution in [0.4, 0.5) is 0 Å². The van der Waals surface area contributed by atoms with Crippen molar-refractivity contribution in [1.29, 1.82) is 0 Å². The number of rotatable bonds is 2. The summed E-state index contributed by atoms with van der Waals surface area (Å²) in [5.41, 5.74) is 4.13. The number of hydrogen-bond donors (Lipinski definition) is 0. The predicted octanol–water partition coefficient (Wildman–Crippen LogP) is 4.19. The van der Waals surface area contributed by atoms with E-state index in [1.807, 2.05) is 0 Å². The van der Waals surface area contributed by atoms with Crippen LogP contribution in [0.5, 0.6) is 0 Å². The van der Waals surface area contributed by atoms with E-state index in [1.165, 1.54) is 12.0 Å². The highest BCUT2D eigenvalue weighted by molar-refractivity contribution is 6.78. The molecule has 0 heterocycles. The Labute approximate surface area is 88.4 Å². The van der Waals surface area contributed by atoms with Crippen molar-refractivity contribution >= 4 is 8.07 Å². The molecule has 1 aliphatic rings. The van der Waals surface area contributed by atoms with Crippen LogP contribution in [0, 0.1) is 6.92 Å². The summed E-state index contributed by atoms with van der Waals surface area (Å²) in [4.78, 5) is 0.